The van der Waals surface area contributed by atoms with Crippen LogP contribution in [0.25, 0.3) is 0 Å². The molecule has 1 aromatic heterocycles. The SMILES string of the molecule is CC(=O)NC(C)(C)c1noc(CC2OCCc3ccccc32)n1. The van der Waals surface area contributed by atoms with Crippen molar-refractivity contribution in [1.82, 2.24) is 15.5 Å². The van der Waals surface area contributed by atoms with Crippen LogP contribution in [-0.2, 0) is 27.9 Å². The minimum Gasteiger partial charge on any atom is -0.373 e. The minimum absolute atomic E-state index is 0.0721. The number of aromatic nitrogens is 2. The Balaban J connectivity index is 1.77. The van der Waals surface area contributed by atoms with Gasteiger partial charge in [0, 0.05) is 6.92 Å². The van der Waals surface area contributed by atoms with Crippen molar-refractivity contribution in [1.29, 1.82) is 0 Å². The zero-order valence-corrected chi connectivity index (χ0v) is 13.6. The van der Waals surface area contributed by atoms with Crippen molar-refractivity contribution in [2.24, 2.45) is 0 Å². The number of ether oxygens (including phenoxy) is 1. The van der Waals surface area contributed by atoms with Gasteiger partial charge in [0.2, 0.25) is 11.8 Å². The van der Waals surface area contributed by atoms with Crippen molar-refractivity contribution < 1.29 is 14.1 Å². The molecule has 0 aliphatic carbocycles. The van der Waals surface area contributed by atoms with E-state index < -0.39 is 5.54 Å². The number of rotatable bonds is 4. The summed E-state index contributed by atoms with van der Waals surface area (Å²) in [5.41, 5.74) is 1.82. The molecule has 1 atom stereocenters. The molecule has 6 heteroatoms. The summed E-state index contributed by atoms with van der Waals surface area (Å²) >= 11 is 0. The molecular weight excluding hydrogens is 294 g/mol. The Morgan fingerprint density at radius 2 is 2.17 bits per heavy atom. The van der Waals surface area contributed by atoms with Gasteiger partial charge in [-0.3, -0.25) is 4.79 Å². The number of benzene rings is 1. The lowest BCUT2D eigenvalue weighted by molar-refractivity contribution is -0.120. The van der Waals surface area contributed by atoms with Crippen molar-refractivity contribution in [3.63, 3.8) is 0 Å². The summed E-state index contributed by atoms with van der Waals surface area (Å²) < 4.78 is 11.2. The molecule has 0 bridgehead atoms. The maximum Gasteiger partial charge on any atom is 0.229 e. The van der Waals surface area contributed by atoms with Gasteiger partial charge in [-0.25, -0.2) is 0 Å². The van der Waals surface area contributed by atoms with E-state index in [1.807, 2.05) is 26.0 Å². The lowest BCUT2D eigenvalue weighted by atomic mass is 9.96. The first-order chi connectivity index (χ1) is 11.0. The van der Waals surface area contributed by atoms with Crippen molar-refractivity contribution in [2.75, 3.05) is 6.61 Å². The number of hydrogen-bond donors (Lipinski definition) is 1. The summed E-state index contributed by atoms with van der Waals surface area (Å²) in [4.78, 5) is 15.7. The number of nitrogens with one attached hydrogen (secondary N) is 1. The number of fused-ring (bicyclic) bond motifs is 1. The van der Waals surface area contributed by atoms with Crippen molar-refractivity contribution in [3.8, 4) is 0 Å². The molecule has 2 aromatic rings. The summed E-state index contributed by atoms with van der Waals surface area (Å²) in [5, 5.41) is 6.82. The Kier molecular flexibility index (Phi) is 4.17. The number of carbonyl (C=O) groups excluding carboxylic acids is 1. The van der Waals surface area contributed by atoms with Crippen LogP contribution in [0, 0.1) is 0 Å². The highest BCUT2D eigenvalue weighted by atomic mass is 16.5. The van der Waals surface area contributed by atoms with Gasteiger partial charge in [-0.05, 0) is 31.4 Å². The van der Waals surface area contributed by atoms with E-state index in [-0.39, 0.29) is 12.0 Å². The number of carbonyl (C=O) groups is 1. The van der Waals surface area contributed by atoms with Crippen LogP contribution in [0.2, 0.25) is 0 Å². The summed E-state index contributed by atoms with van der Waals surface area (Å²) in [5.74, 6) is 0.845. The third-order valence-electron chi connectivity index (χ3n) is 3.97. The number of hydrogen-bond acceptors (Lipinski definition) is 5. The van der Waals surface area contributed by atoms with Crippen molar-refractivity contribution >= 4 is 5.91 Å². The molecule has 23 heavy (non-hydrogen) atoms. The average molecular weight is 315 g/mol. The molecule has 0 radical (unpaired) electrons. The first-order valence-electron chi connectivity index (χ1n) is 7.77. The molecule has 1 amide bonds. The molecule has 1 aliphatic heterocycles. The van der Waals surface area contributed by atoms with E-state index in [9.17, 15) is 4.79 Å². The quantitative estimate of drug-likeness (QED) is 0.936. The van der Waals surface area contributed by atoms with Crippen LogP contribution in [0.3, 0.4) is 0 Å². The van der Waals surface area contributed by atoms with Gasteiger partial charge in [-0.15, -0.1) is 0 Å². The van der Waals surface area contributed by atoms with E-state index in [4.69, 9.17) is 9.26 Å². The largest absolute Gasteiger partial charge is 0.373 e. The maximum absolute atomic E-state index is 11.3. The van der Waals surface area contributed by atoms with Gasteiger partial charge in [0.05, 0.1) is 24.7 Å². The van der Waals surface area contributed by atoms with Gasteiger partial charge in [-0.1, -0.05) is 29.4 Å². The Bertz CT molecular complexity index is 709. The molecule has 0 fully saturated rings. The van der Waals surface area contributed by atoms with E-state index in [0.717, 1.165) is 6.42 Å². The zero-order valence-electron chi connectivity index (χ0n) is 13.6. The van der Waals surface area contributed by atoms with E-state index in [0.29, 0.717) is 24.7 Å². The molecular formula is C17H21N3O3. The topological polar surface area (TPSA) is 77.2 Å². The summed E-state index contributed by atoms with van der Waals surface area (Å²) in [6.45, 7) is 5.85. The Hall–Kier alpha value is -2.21. The molecule has 1 unspecified atom stereocenters. The highest BCUT2D eigenvalue weighted by Crippen LogP contribution is 2.29. The normalized spacial score (nSPS) is 17.6. The first-order valence-corrected chi connectivity index (χ1v) is 7.77. The predicted octanol–water partition coefficient (Wildman–Crippen LogP) is 2.30. The van der Waals surface area contributed by atoms with Crippen LogP contribution < -0.4 is 5.32 Å². The van der Waals surface area contributed by atoms with Gasteiger partial charge in [0.15, 0.2) is 5.82 Å². The highest BCUT2D eigenvalue weighted by molar-refractivity contribution is 5.73. The molecule has 1 aliphatic rings. The lowest BCUT2D eigenvalue weighted by Gasteiger charge is -2.25. The van der Waals surface area contributed by atoms with E-state index in [1.54, 1.807) is 0 Å². The second-order valence-electron chi connectivity index (χ2n) is 6.33. The molecule has 0 saturated carbocycles. The molecule has 1 N–H and O–H groups in total. The predicted molar refractivity (Wildman–Crippen MR) is 83.7 cm³/mol. The van der Waals surface area contributed by atoms with Gasteiger partial charge in [0.1, 0.15) is 0 Å². The second kappa shape index (κ2) is 6.12. The lowest BCUT2D eigenvalue weighted by Crippen LogP contribution is -2.40. The fraction of sp³-hybridized carbons (Fsp3) is 0.471. The Morgan fingerprint density at radius 1 is 1.39 bits per heavy atom. The van der Waals surface area contributed by atoms with Crippen LogP contribution >= 0.6 is 0 Å². The smallest absolute Gasteiger partial charge is 0.229 e. The molecule has 0 saturated heterocycles. The Labute approximate surface area is 135 Å². The molecule has 122 valence electrons. The van der Waals surface area contributed by atoms with Crippen LogP contribution in [0.4, 0.5) is 0 Å². The molecule has 6 nitrogen and oxygen atoms in total. The van der Waals surface area contributed by atoms with Crippen LogP contribution in [0.5, 0.6) is 0 Å². The number of amides is 1. The highest BCUT2D eigenvalue weighted by Gasteiger charge is 2.29. The number of nitrogens with zero attached hydrogens (tertiary/aromatic N) is 2. The summed E-state index contributed by atoms with van der Waals surface area (Å²) in [6.07, 6.45) is 1.38. The van der Waals surface area contributed by atoms with E-state index in [1.165, 1.54) is 18.1 Å². The third kappa shape index (κ3) is 3.42. The van der Waals surface area contributed by atoms with E-state index >= 15 is 0 Å². The average Bonchev–Trinajstić information content (AvgIpc) is 2.96. The van der Waals surface area contributed by atoms with Gasteiger partial charge >= 0.3 is 0 Å². The van der Waals surface area contributed by atoms with Gasteiger partial charge in [0.25, 0.3) is 0 Å². The van der Waals surface area contributed by atoms with Crippen molar-refractivity contribution in [2.45, 2.75) is 45.3 Å². The van der Waals surface area contributed by atoms with Gasteiger partial charge < -0.3 is 14.6 Å². The second-order valence-corrected chi connectivity index (χ2v) is 6.33. The van der Waals surface area contributed by atoms with Crippen LogP contribution in [0.1, 0.15) is 49.7 Å². The summed E-state index contributed by atoms with van der Waals surface area (Å²) in [7, 11) is 0. The Morgan fingerprint density at radius 3 is 2.96 bits per heavy atom. The van der Waals surface area contributed by atoms with E-state index in [2.05, 4.69) is 27.6 Å². The molecule has 1 aromatic carbocycles. The van der Waals surface area contributed by atoms with Crippen LogP contribution in [-0.4, -0.2) is 22.7 Å². The monoisotopic (exact) mass is 315 g/mol. The van der Waals surface area contributed by atoms with Crippen LogP contribution in [0.15, 0.2) is 28.8 Å². The van der Waals surface area contributed by atoms with Crippen molar-refractivity contribution in [3.05, 3.63) is 47.1 Å². The third-order valence-corrected chi connectivity index (χ3v) is 3.97. The first kappa shape index (κ1) is 15.7. The minimum atomic E-state index is -0.668. The fourth-order valence-corrected chi connectivity index (χ4v) is 2.89. The molecule has 3 rings (SSSR count). The standard InChI is InChI=1S/C17H21N3O3/c1-11(21)19-17(2,3)16-18-15(23-20-16)10-14-13-7-5-4-6-12(13)8-9-22-14/h4-7,14H,8-10H2,1-3H3,(H,19,21). The van der Waals surface area contributed by atoms with Gasteiger partial charge in [-0.2, -0.15) is 4.98 Å². The molecule has 0 spiro atoms. The molecule has 2 heterocycles. The fourth-order valence-electron chi connectivity index (χ4n) is 2.89. The summed E-state index contributed by atoms with van der Waals surface area (Å²) in [6, 6.07) is 8.27. The zero-order chi connectivity index (χ0) is 16.4. The maximum atomic E-state index is 11.3.